The van der Waals surface area contributed by atoms with Crippen molar-refractivity contribution in [3.8, 4) is 0 Å². The second kappa shape index (κ2) is 8.67. The molecule has 2 heterocycles. The topological polar surface area (TPSA) is 109 Å². The van der Waals surface area contributed by atoms with Gasteiger partial charge in [0.2, 0.25) is 0 Å². The molecule has 0 radical (unpaired) electrons. The first kappa shape index (κ1) is 24.6. The molecule has 7 nitrogen and oxygen atoms in total. The number of carbonyl (C=O) groups is 1. The number of aliphatic hydroxyl groups excluding tert-OH is 1. The van der Waals surface area contributed by atoms with E-state index in [2.05, 4.69) is 19.2 Å². The maximum atomic E-state index is 12.6. The first-order valence-electron chi connectivity index (χ1n) is 14.1. The van der Waals surface area contributed by atoms with E-state index in [1.807, 2.05) is 6.07 Å². The van der Waals surface area contributed by atoms with Crippen molar-refractivity contribution in [2.75, 3.05) is 6.54 Å². The Balaban J connectivity index is 1.17. The van der Waals surface area contributed by atoms with Gasteiger partial charge in [0.05, 0.1) is 18.0 Å². The molecule has 0 unspecified atom stereocenters. The Kier molecular flexibility index (Phi) is 5.93. The normalized spacial score (nSPS) is 48.1. The van der Waals surface area contributed by atoms with Crippen molar-refractivity contribution in [1.29, 1.82) is 0 Å². The van der Waals surface area contributed by atoms with Gasteiger partial charge in [-0.1, -0.05) is 13.8 Å². The number of carbonyl (C=O) groups excluding carboxylic acids is 1. The average Bonchev–Trinajstić information content (AvgIpc) is 3.41. The lowest BCUT2D eigenvalue weighted by molar-refractivity contribution is -0.207. The van der Waals surface area contributed by atoms with Crippen LogP contribution in [0.2, 0.25) is 0 Å². The quantitative estimate of drug-likeness (QED) is 0.546. The summed E-state index contributed by atoms with van der Waals surface area (Å²) in [6.07, 6.45) is 10.2. The Labute approximate surface area is 213 Å². The summed E-state index contributed by atoms with van der Waals surface area (Å²) in [6.45, 7) is 5.16. The molecule has 4 saturated carbocycles. The second-order valence-electron chi connectivity index (χ2n) is 13.0. The minimum absolute atomic E-state index is 0.0489. The van der Waals surface area contributed by atoms with Crippen LogP contribution >= 0.6 is 0 Å². The van der Waals surface area contributed by atoms with Gasteiger partial charge in [-0.25, -0.2) is 4.79 Å². The highest BCUT2D eigenvalue weighted by molar-refractivity contribution is 5.76. The Morgan fingerprint density at radius 3 is 2.61 bits per heavy atom. The molecule has 0 spiro atoms. The highest BCUT2D eigenvalue weighted by Crippen LogP contribution is 2.70. The number of aliphatic hydroxyl groups is 2. The molecule has 4 aliphatic carbocycles. The maximum Gasteiger partial charge on any atom is 0.335 e. The Hall–Kier alpha value is -1.70. The fourth-order valence-corrected chi connectivity index (χ4v) is 9.54. The van der Waals surface area contributed by atoms with Crippen LogP contribution in [0.25, 0.3) is 0 Å². The van der Waals surface area contributed by atoms with E-state index in [9.17, 15) is 19.8 Å². The zero-order valence-electron chi connectivity index (χ0n) is 21.6. The summed E-state index contributed by atoms with van der Waals surface area (Å²) in [5.74, 6) is 1.24. The summed E-state index contributed by atoms with van der Waals surface area (Å²) in [4.78, 5) is 24.2. The van der Waals surface area contributed by atoms with Crippen LogP contribution in [0.15, 0.2) is 27.6 Å². The molecule has 1 saturated heterocycles. The molecule has 1 aromatic rings. The molecule has 5 fully saturated rings. The van der Waals surface area contributed by atoms with Crippen LogP contribution in [0.3, 0.4) is 0 Å². The van der Waals surface area contributed by atoms with E-state index in [4.69, 9.17) is 9.15 Å². The van der Waals surface area contributed by atoms with Crippen LogP contribution < -0.4 is 10.9 Å². The summed E-state index contributed by atoms with van der Waals surface area (Å²) >= 11 is 0. The Bertz CT molecular complexity index is 1050. The molecule has 7 heteroatoms. The van der Waals surface area contributed by atoms with E-state index < -0.39 is 11.7 Å². The summed E-state index contributed by atoms with van der Waals surface area (Å²) in [5.41, 5.74) is -0.0581. The third-order valence-corrected chi connectivity index (χ3v) is 11.6. The SMILES string of the molecule is C[C@]12CC[C@H](OC(=O)[C@@H]3C[C@@H](O)CN3)C[C@H]1CC[C@@H]1[C@@H]2CC[C@]2(C)[C@@H](c3ccc(=O)oc3)CC[C@]12O. The minimum Gasteiger partial charge on any atom is -0.461 e. The molecule has 1 aromatic heterocycles. The van der Waals surface area contributed by atoms with Gasteiger partial charge in [-0.15, -0.1) is 0 Å². The number of β-amino-alcohol motifs (C(OH)–C–C–N with tert-alkyl or cyclic N) is 1. The van der Waals surface area contributed by atoms with Gasteiger partial charge in [0.25, 0.3) is 0 Å². The average molecular weight is 500 g/mol. The van der Waals surface area contributed by atoms with Gasteiger partial charge in [-0.05, 0) is 98.5 Å². The van der Waals surface area contributed by atoms with Crippen molar-refractivity contribution in [3.05, 3.63) is 34.4 Å². The van der Waals surface area contributed by atoms with Crippen LogP contribution in [0.4, 0.5) is 0 Å². The molecule has 3 N–H and O–H groups in total. The molecule has 198 valence electrons. The standard InChI is InChI=1S/C29H41NO6/c1-27-10-7-20(36-26(33)24-14-19(31)15-30-24)13-18(27)4-5-23-22(27)8-11-28(2)21(9-12-29(23,28)34)17-3-6-25(32)35-16-17/h3,6,16,18-24,30-31,34H,4-5,7-15H2,1-2H3/t18-,19-,20+,21-,22+,23-,24+,27+,28-,29+/m1/s1. The number of hydrogen-bond donors (Lipinski definition) is 3. The van der Waals surface area contributed by atoms with Crippen LogP contribution in [0.5, 0.6) is 0 Å². The molecule has 10 atom stereocenters. The van der Waals surface area contributed by atoms with Gasteiger partial charge in [-0.2, -0.15) is 0 Å². The maximum absolute atomic E-state index is 12.6. The van der Waals surface area contributed by atoms with Crippen molar-refractivity contribution in [1.82, 2.24) is 5.32 Å². The van der Waals surface area contributed by atoms with Crippen molar-refractivity contribution in [2.24, 2.45) is 28.6 Å². The molecule has 0 amide bonds. The largest absolute Gasteiger partial charge is 0.461 e. The molecule has 36 heavy (non-hydrogen) atoms. The summed E-state index contributed by atoms with van der Waals surface area (Å²) in [7, 11) is 0. The predicted molar refractivity (Wildman–Crippen MR) is 133 cm³/mol. The number of esters is 1. The van der Waals surface area contributed by atoms with Crippen LogP contribution in [-0.4, -0.2) is 46.6 Å². The van der Waals surface area contributed by atoms with Crippen LogP contribution in [0, 0.1) is 28.6 Å². The van der Waals surface area contributed by atoms with Gasteiger partial charge in [0, 0.05) is 24.4 Å². The summed E-state index contributed by atoms with van der Waals surface area (Å²) in [5, 5.41) is 25.2. The summed E-state index contributed by atoms with van der Waals surface area (Å²) < 4.78 is 11.1. The monoisotopic (exact) mass is 499 g/mol. The highest BCUT2D eigenvalue weighted by atomic mass is 16.5. The van der Waals surface area contributed by atoms with Crippen LogP contribution in [0.1, 0.15) is 89.5 Å². The first-order chi connectivity index (χ1) is 17.1. The molecule has 0 aromatic carbocycles. The van der Waals surface area contributed by atoms with Crippen molar-refractivity contribution in [2.45, 2.75) is 108 Å². The number of fused-ring (bicyclic) bond motifs is 5. The van der Waals surface area contributed by atoms with Gasteiger partial charge >= 0.3 is 11.6 Å². The zero-order valence-corrected chi connectivity index (χ0v) is 21.6. The molecule has 1 aliphatic heterocycles. The Morgan fingerprint density at radius 1 is 1.06 bits per heavy atom. The van der Waals surface area contributed by atoms with E-state index in [1.54, 1.807) is 6.26 Å². The zero-order chi connectivity index (χ0) is 25.3. The van der Waals surface area contributed by atoms with Crippen LogP contribution in [-0.2, 0) is 9.53 Å². The van der Waals surface area contributed by atoms with E-state index in [0.29, 0.717) is 24.8 Å². The van der Waals surface area contributed by atoms with E-state index in [0.717, 1.165) is 63.4 Å². The second-order valence-corrected chi connectivity index (χ2v) is 13.0. The van der Waals surface area contributed by atoms with E-state index in [-0.39, 0.29) is 46.4 Å². The van der Waals surface area contributed by atoms with Gasteiger partial charge < -0.3 is 24.7 Å². The summed E-state index contributed by atoms with van der Waals surface area (Å²) in [6, 6.07) is 3.01. The van der Waals surface area contributed by atoms with Gasteiger partial charge in [-0.3, -0.25) is 4.79 Å². The number of nitrogens with one attached hydrogen (secondary N) is 1. The molecule has 6 rings (SSSR count). The molecule has 0 bridgehead atoms. The number of hydrogen-bond acceptors (Lipinski definition) is 7. The lowest BCUT2D eigenvalue weighted by Gasteiger charge is -2.63. The lowest BCUT2D eigenvalue weighted by Crippen LogP contribution is -2.62. The minimum atomic E-state index is -0.705. The molecule has 5 aliphatic rings. The van der Waals surface area contributed by atoms with Crippen molar-refractivity contribution >= 4 is 5.97 Å². The van der Waals surface area contributed by atoms with E-state index in [1.165, 1.54) is 6.07 Å². The van der Waals surface area contributed by atoms with Gasteiger partial charge in [0.15, 0.2) is 0 Å². The third-order valence-electron chi connectivity index (χ3n) is 11.6. The lowest BCUT2D eigenvalue weighted by atomic mass is 9.43. The van der Waals surface area contributed by atoms with Gasteiger partial charge in [0.1, 0.15) is 12.1 Å². The van der Waals surface area contributed by atoms with Crippen molar-refractivity contribution < 1.29 is 24.2 Å². The molecular formula is C29H41NO6. The highest BCUT2D eigenvalue weighted by Gasteiger charge is 2.67. The van der Waals surface area contributed by atoms with E-state index >= 15 is 0 Å². The number of rotatable bonds is 3. The molecular weight excluding hydrogens is 458 g/mol. The first-order valence-corrected chi connectivity index (χ1v) is 14.1. The smallest absolute Gasteiger partial charge is 0.335 e. The number of ether oxygens (including phenoxy) is 1. The third kappa shape index (κ3) is 3.64. The van der Waals surface area contributed by atoms with Crippen molar-refractivity contribution in [3.63, 3.8) is 0 Å². The predicted octanol–water partition coefficient (Wildman–Crippen LogP) is 3.52. The fraction of sp³-hybridized carbons (Fsp3) is 0.793. The fourth-order valence-electron chi connectivity index (χ4n) is 9.54. The Morgan fingerprint density at radius 2 is 1.89 bits per heavy atom.